The Balaban J connectivity index is 1.63. The molecule has 8 heteroatoms. The molecule has 0 spiro atoms. The van der Waals surface area contributed by atoms with Crippen LogP contribution in [-0.2, 0) is 10.0 Å². The van der Waals surface area contributed by atoms with E-state index in [2.05, 4.69) is 20.0 Å². The van der Waals surface area contributed by atoms with Crippen molar-refractivity contribution in [3.8, 4) is 0 Å². The summed E-state index contributed by atoms with van der Waals surface area (Å²) in [6.07, 6.45) is 1.45. The van der Waals surface area contributed by atoms with E-state index in [9.17, 15) is 13.2 Å². The zero-order valence-electron chi connectivity index (χ0n) is 17.4. The van der Waals surface area contributed by atoms with Crippen molar-refractivity contribution >= 4 is 38.4 Å². The molecule has 0 aliphatic carbocycles. The van der Waals surface area contributed by atoms with Gasteiger partial charge in [-0.3, -0.25) is 19.5 Å². The lowest BCUT2D eigenvalue weighted by Crippen LogP contribution is -2.29. The van der Waals surface area contributed by atoms with Crippen LogP contribution in [0.15, 0.2) is 64.5 Å². The molecule has 0 radical (unpaired) electrons. The molecule has 0 bridgehead atoms. The van der Waals surface area contributed by atoms with Crippen LogP contribution in [0.1, 0.15) is 48.7 Å². The van der Waals surface area contributed by atoms with Gasteiger partial charge in [0.25, 0.3) is 15.9 Å². The molecule has 2 N–H and O–H groups in total. The maximum Gasteiger partial charge on any atom is 0.262 e. The molecule has 160 valence electrons. The minimum absolute atomic E-state index is 0.0716. The molecule has 1 aliphatic heterocycles. The fraction of sp³-hybridized carbons (Fsp3) is 0.261. The van der Waals surface area contributed by atoms with E-state index in [-0.39, 0.29) is 16.7 Å². The topological polar surface area (TPSA) is 101 Å². The molecular weight excluding hydrogens is 412 g/mol. The Kier molecular flexibility index (Phi) is 5.73. The first-order valence-electron chi connectivity index (χ1n) is 10.2. The van der Waals surface area contributed by atoms with E-state index in [1.54, 1.807) is 18.2 Å². The molecule has 0 saturated carbocycles. The quantitative estimate of drug-likeness (QED) is 0.629. The van der Waals surface area contributed by atoms with Crippen LogP contribution in [0.25, 0.3) is 10.9 Å². The Morgan fingerprint density at radius 2 is 1.87 bits per heavy atom. The second-order valence-corrected chi connectivity index (χ2v) is 9.47. The first-order chi connectivity index (χ1) is 14.8. The molecule has 0 fully saturated rings. The summed E-state index contributed by atoms with van der Waals surface area (Å²) in [7, 11) is -3.76. The number of para-hydroxylation sites is 1. The van der Waals surface area contributed by atoms with Crippen LogP contribution in [0, 0.1) is 0 Å². The van der Waals surface area contributed by atoms with E-state index in [1.807, 2.05) is 38.1 Å². The average Bonchev–Trinajstić information content (AvgIpc) is 3.25. The van der Waals surface area contributed by atoms with E-state index in [0.717, 1.165) is 23.0 Å². The number of sulfonamides is 1. The molecule has 2 aromatic carbocycles. The monoisotopic (exact) mass is 436 g/mol. The summed E-state index contributed by atoms with van der Waals surface area (Å²) < 4.78 is 27.9. The lowest BCUT2D eigenvalue weighted by atomic mass is 10.0. The van der Waals surface area contributed by atoms with Crippen LogP contribution in [0.4, 0.5) is 5.69 Å². The molecule has 2 heterocycles. The number of hydrogen-bond acceptors (Lipinski definition) is 5. The number of rotatable bonds is 5. The van der Waals surface area contributed by atoms with Gasteiger partial charge in [0.15, 0.2) is 0 Å². The number of hydrogen-bond donors (Lipinski definition) is 2. The third kappa shape index (κ3) is 4.59. The largest absolute Gasteiger partial charge is 0.322 e. The van der Waals surface area contributed by atoms with Gasteiger partial charge in [-0.15, -0.1) is 0 Å². The van der Waals surface area contributed by atoms with Gasteiger partial charge in [-0.2, -0.15) is 0 Å². The highest BCUT2D eigenvalue weighted by molar-refractivity contribution is 7.90. The maximum atomic E-state index is 13.1. The molecule has 1 aromatic heterocycles. The molecule has 0 unspecified atom stereocenters. The van der Waals surface area contributed by atoms with Crippen LogP contribution in [0.2, 0.25) is 0 Å². The number of pyridine rings is 1. The molecular formula is C23H24N4O3S. The summed E-state index contributed by atoms with van der Waals surface area (Å²) in [5.74, 6) is 0.316. The van der Waals surface area contributed by atoms with Gasteiger partial charge in [0.05, 0.1) is 16.0 Å². The predicted octanol–water partition coefficient (Wildman–Crippen LogP) is 4.08. The first kappa shape index (κ1) is 21.0. The SMILES string of the molecule is CC(C)c1cc(C(=O)Nc2cccc(S(=O)(=O)NC3=NCCC3)c2)c2ccccc2n1. The Morgan fingerprint density at radius 1 is 1.06 bits per heavy atom. The molecule has 1 amide bonds. The van der Waals surface area contributed by atoms with E-state index < -0.39 is 10.0 Å². The Bertz CT molecular complexity index is 1280. The number of nitrogens with one attached hydrogen (secondary N) is 2. The normalized spacial score (nSPS) is 14.0. The number of amides is 1. The fourth-order valence-electron chi connectivity index (χ4n) is 3.46. The van der Waals surface area contributed by atoms with Crippen molar-refractivity contribution in [1.82, 2.24) is 9.71 Å². The number of nitrogens with zero attached hydrogens (tertiary/aromatic N) is 2. The van der Waals surface area contributed by atoms with Gasteiger partial charge in [-0.05, 0) is 42.7 Å². The van der Waals surface area contributed by atoms with Gasteiger partial charge in [0.1, 0.15) is 5.84 Å². The summed E-state index contributed by atoms with van der Waals surface area (Å²) in [4.78, 5) is 22.0. The number of amidine groups is 1. The fourth-order valence-corrected chi connectivity index (χ4v) is 4.59. The smallest absolute Gasteiger partial charge is 0.262 e. The van der Waals surface area contributed by atoms with Gasteiger partial charge in [0, 0.05) is 29.7 Å². The summed E-state index contributed by atoms with van der Waals surface area (Å²) in [6, 6.07) is 15.5. The van der Waals surface area contributed by atoms with Crippen LogP contribution < -0.4 is 10.0 Å². The zero-order chi connectivity index (χ0) is 22.0. The summed E-state index contributed by atoms with van der Waals surface area (Å²) >= 11 is 0. The van der Waals surface area contributed by atoms with Gasteiger partial charge in [0.2, 0.25) is 0 Å². The molecule has 1 aliphatic rings. The molecule has 0 saturated heterocycles. The molecule has 4 rings (SSSR count). The van der Waals surface area contributed by atoms with Crippen LogP contribution in [0.3, 0.4) is 0 Å². The van der Waals surface area contributed by atoms with Gasteiger partial charge in [-0.25, -0.2) is 8.42 Å². The van der Waals surface area contributed by atoms with E-state index in [0.29, 0.717) is 30.1 Å². The average molecular weight is 437 g/mol. The van der Waals surface area contributed by atoms with E-state index in [4.69, 9.17) is 0 Å². The molecule has 7 nitrogen and oxygen atoms in total. The highest BCUT2D eigenvalue weighted by atomic mass is 32.2. The number of benzene rings is 2. The number of fused-ring (bicyclic) bond motifs is 1. The van der Waals surface area contributed by atoms with Crippen molar-refractivity contribution in [3.63, 3.8) is 0 Å². The van der Waals surface area contributed by atoms with Crippen LogP contribution in [-0.4, -0.2) is 31.7 Å². The standard InChI is InChI=1S/C23H24N4O3S/c1-15(2)21-14-19(18-9-3-4-10-20(18)26-21)23(28)25-16-7-5-8-17(13-16)31(29,30)27-22-11-6-12-24-22/h3-5,7-10,13-15H,6,11-12H2,1-2H3,(H,24,27)(H,25,28). The number of carbonyl (C=O) groups is 1. The molecule has 3 aromatic rings. The number of aromatic nitrogens is 1. The Morgan fingerprint density at radius 3 is 2.61 bits per heavy atom. The molecule has 31 heavy (non-hydrogen) atoms. The number of carbonyl (C=O) groups excluding carboxylic acids is 1. The van der Waals surface area contributed by atoms with Crippen molar-refractivity contribution in [2.75, 3.05) is 11.9 Å². The van der Waals surface area contributed by atoms with Crippen molar-refractivity contribution in [2.24, 2.45) is 4.99 Å². The summed E-state index contributed by atoms with van der Waals surface area (Å²) in [5.41, 5.74) is 2.47. The lowest BCUT2D eigenvalue weighted by molar-refractivity contribution is 0.102. The second-order valence-electron chi connectivity index (χ2n) is 7.79. The van der Waals surface area contributed by atoms with Crippen molar-refractivity contribution in [3.05, 3.63) is 65.9 Å². The summed E-state index contributed by atoms with van der Waals surface area (Å²) in [6.45, 7) is 4.68. The van der Waals surface area contributed by atoms with Crippen molar-refractivity contribution in [2.45, 2.75) is 37.5 Å². The van der Waals surface area contributed by atoms with Gasteiger partial charge < -0.3 is 5.32 Å². The maximum absolute atomic E-state index is 13.1. The third-order valence-electron chi connectivity index (χ3n) is 5.10. The first-order valence-corrected chi connectivity index (χ1v) is 11.7. The van der Waals surface area contributed by atoms with E-state index >= 15 is 0 Å². The van der Waals surface area contributed by atoms with Gasteiger partial charge in [-0.1, -0.05) is 38.1 Å². The predicted molar refractivity (Wildman–Crippen MR) is 122 cm³/mol. The lowest BCUT2D eigenvalue weighted by Gasteiger charge is -2.13. The van der Waals surface area contributed by atoms with Crippen LogP contribution >= 0.6 is 0 Å². The Labute approximate surface area is 181 Å². The van der Waals surface area contributed by atoms with Gasteiger partial charge >= 0.3 is 0 Å². The minimum Gasteiger partial charge on any atom is -0.322 e. The number of aliphatic imine (C=N–C) groups is 1. The summed E-state index contributed by atoms with van der Waals surface area (Å²) in [5, 5.41) is 3.58. The second kappa shape index (κ2) is 8.47. The zero-order valence-corrected chi connectivity index (χ0v) is 18.2. The highest BCUT2D eigenvalue weighted by Crippen LogP contribution is 2.24. The number of anilines is 1. The molecule has 0 atom stereocenters. The third-order valence-corrected chi connectivity index (χ3v) is 6.48. The minimum atomic E-state index is -3.76. The highest BCUT2D eigenvalue weighted by Gasteiger charge is 2.20. The van der Waals surface area contributed by atoms with E-state index in [1.165, 1.54) is 12.1 Å². The van der Waals surface area contributed by atoms with Crippen molar-refractivity contribution in [1.29, 1.82) is 0 Å². The van der Waals surface area contributed by atoms with Crippen molar-refractivity contribution < 1.29 is 13.2 Å². The Hall–Kier alpha value is -3.26. The van der Waals surface area contributed by atoms with Crippen LogP contribution in [0.5, 0.6) is 0 Å².